The van der Waals surface area contributed by atoms with Gasteiger partial charge in [-0.1, -0.05) is 79.9 Å². The van der Waals surface area contributed by atoms with Crippen LogP contribution >= 0.6 is 0 Å². The quantitative estimate of drug-likeness (QED) is 0.382. The minimum absolute atomic E-state index is 0.125. The van der Waals surface area contributed by atoms with Crippen molar-refractivity contribution < 1.29 is 9.53 Å². The van der Waals surface area contributed by atoms with E-state index in [2.05, 4.69) is 65.8 Å². The number of aromatic nitrogens is 3. The smallest absolute Gasteiger partial charge is 0.305 e. The Hall–Kier alpha value is -2.95. The first-order chi connectivity index (χ1) is 14.8. The molecule has 156 valence electrons. The molecule has 5 heteroatoms. The highest BCUT2D eigenvalue weighted by Gasteiger charge is 2.23. The van der Waals surface area contributed by atoms with E-state index in [0.717, 1.165) is 54.6 Å². The van der Waals surface area contributed by atoms with Gasteiger partial charge in [-0.15, -0.1) is 5.10 Å². The van der Waals surface area contributed by atoms with E-state index in [4.69, 9.17) is 4.74 Å². The minimum Gasteiger partial charge on any atom is -0.464 e. The molecular weight excluding hydrogens is 374 g/mol. The molecule has 0 atom stereocenters. The predicted octanol–water partition coefficient (Wildman–Crippen LogP) is 5.22. The second-order valence-electron chi connectivity index (χ2n) is 7.86. The molecule has 0 unspecified atom stereocenters. The highest BCUT2D eigenvalue weighted by atomic mass is 16.5. The summed E-state index contributed by atoms with van der Waals surface area (Å²) in [5.74, 6) is -0.125. The lowest BCUT2D eigenvalue weighted by Crippen LogP contribution is -2.13. The van der Waals surface area contributed by atoms with Crippen LogP contribution in [0.3, 0.4) is 0 Å². The maximum atomic E-state index is 12.0. The summed E-state index contributed by atoms with van der Waals surface area (Å²) in [7, 11) is 0. The summed E-state index contributed by atoms with van der Waals surface area (Å²) < 4.78 is 7.36. The van der Waals surface area contributed by atoms with Gasteiger partial charge in [-0.25, -0.2) is 4.68 Å². The molecule has 0 fully saturated rings. The fourth-order valence-electron chi connectivity index (χ4n) is 4.14. The molecule has 0 N–H and O–H groups in total. The van der Waals surface area contributed by atoms with Gasteiger partial charge in [0.2, 0.25) is 0 Å². The zero-order valence-corrected chi connectivity index (χ0v) is 17.6. The van der Waals surface area contributed by atoms with E-state index in [1.165, 1.54) is 17.5 Å². The predicted molar refractivity (Wildman–Crippen MR) is 118 cm³/mol. The van der Waals surface area contributed by atoms with Crippen molar-refractivity contribution in [2.75, 3.05) is 6.61 Å². The molecule has 1 aromatic heterocycles. The first-order valence-electron chi connectivity index (χ1n) is 11.0. The number of aryl methyl sites for hydroxylation is 2. The Kier molecular flexibility index (Phi) is 6.57. The first kappa shape index (κ1) is 20.3. The van der Waals surface area contributed by atoms with E-state index in [-0.39, 0.29) is 5.97 Å². The number of fused-ring (bicyclic) bond motifs is 5. The third-order valence-corrected chi connectivity index (χ3v) is 5.74. The Labute approximate surface area is 178 Å². The standard InChI is InChI=1S/C25H29N3O2/c1-2-3-4-5-14-23(29)30-18-17-28-25-22-13-9-7-11-20(22)16-15-19-10-6-8-12-21(19)24(25)26-27-28/h6-13H,2-5,14-18H2,1H3. The van der Waals surface area contributed by atoms with E-state index < -0.39 is 0 Å². The minimum atomic E-state index is -0.125. The van der Waals surface area contributed by atoms with Crippen LogP contribution in [0.2, 0.25) is 0 Å². The van der Waals surface area contributed by atoms with Crippen molar-refractivity contribution in [3.8, 4) is 22.5 Å². The summed E-state index contributed by atoms with van der Waals surface area (Å²) in [5, 5.41) is 8.98. The topological polar surface area (TPSA) is 57.0 Å². The van der Waals surface area contributed by atoms with Crippen LogP contribution in [0.25, 0.3) is 22.5 Å². The number of rotatable bonds is 8. The third-order valence-electron chi connectivity index (χ3n) is 5.74. The molecule has 0 radical (unpaired) electrons. The van der Waals surface area contributed by atoms with Crippen LogP contribution in [0, 0.1) is 0 Å². The number of unbranched alkanes of at least 4 members (excludes halogenated alkanes) is 3. The lowest BCUT2D eigenvalue weighted by atomic mass is 9.89. The molecule has 0 aliphatic heterocycles. The molecule has 0 saturated heterocycles. The molecule has 5 nitrogen and oxygen atoms in total. The molecule has 0 amide bonds. The second kappa shape index (κ2) is 9.70. The molecular formula is C25H29N3O2. The Morgan fingerprint density at radius 2 is 1.67 bits per heavy atom. The van der Waals surface area contributed by atoms with Crippen LogP contribution in [-0.4, -0.2) is 27.6 Å². The fraction of sp³-hybridized carbons (Fsp3) is 0.400. The van der Waals surface area contributed by atoms with Gasteiger partial charge in [0, 0.05) is 17.5 Å². The van der Waals surface area contributed by atoms with E-state index in [9.17, 15) is 4.79 Å². The fourth-order valence-corrected chi connectivity index (χ4v) is 4.14. The second-order valence-corrected chi connectivity index (χ2v) is 7.86. The van der Waals surface area contributed by atoms with Crippen molar-refractivity contribution >= 4 is 5.97 Å². The van der Waals surface area contributed by atoms with Gasteiger partial charge in [0.1, 0.15) is 12.3 Å². The van der Waals surface area contributed by atoms with Gasteiger partial charge >= 0.3 is 5.97 Å². The molecule has 1 aliphatic carbocycles. The van der Waals surface area contributed by atoms with Gasteiger partial charge in [0.15, 0.2) is 0 Å². The van der Waals surface area contributed by atoms with Gasteiger partial charge < -0.3 is 4.74 Å². The number of benzene rings is 2. The largest absolute Gasteiger partial charge is 0.464 e. The lowest BCUT2D eigenvalue weighted by Gasteiger charge is -2.17. The molecule has 30 heavy (non-hydrogen) atoms. The number of carbonyl (C=O) groups is 1. The van der Waals surface area contributed by atoms with E-state index in [1.807, 2.05) is 4.68 Å². The summed E-state index contributed by atoms with van der Waals surface area (Å²) in [6.45, 7) is 2.98. The van der Waals surface area contributed by atoms with E-state index >= 15 is 0 Å². The highest BCUT2D eigenvalue weighted by molar-refractivity contribution is 5.82. The van der Waals surface area contributed by atoms with Crippen LogP contribution in [0.15, 0.2) is 48.5 Å². The summed E-state index contributed by atoms with van der Waals surface area (Å²) >= 11 is 0. The zero-order valence-electron chi connectivity index (χ0n) is 17.6. The van der Waals surface area contributed by atoms with Gasteiger partial charge in [-0.05, 0) is 30.4 Å². The molecule has 0 spiro atoms. The number of hydrogen-bond acceptors (Lipinski definition) is 4. The molecule has 1 aliphatic rings. The monoisotopic (exact) mass is 403 g/mol. The Morgan fingerprint density at radius 3 is 2.43 bits per heavy atom. The number of carbonyl (C=O) groups excluding carboxylic acids is 1. The van der Waals surface area contributed by atoms with Gasteiger partial charge in [-0.3, -0.25) is 4.79 Å². The maximum absolute atomic E-state index is 12.0. The molecule has 1 heterocycles. The summed E-state index contributed by atoms with van der Waals surface area (Å²) in [6, 6.07) is 16.9. The zero-order chi connectivity index (χ0) is 20.8. The van der Waals surface area contributed by atoms with Crippen molar-refractivity contribution in [1.29, 1.82) is 0 Å². The van der Waals surface area contributed by atoms with Crippen molar-refractivity contribution in [2.45, 2.75) is 58.4 Å². The maximum Gasteiger partial charge on any atom is 0.305 e. The van der Waals surface area contributed by atoms with Crippen molar-refractivity contribution in [1.82, 2.24) is 15.0 Å². The average molecular weight is 404 g/mol. The van der Waals surface area contributed by atoms with Crippen molar-refractivity contribution in [3.63, 3.8) is 0 Å². The van der Waals surface area contributed by atoms with Crippen LogP contribution < -0.4 is 0 Å². The van der Waals surface area contributed by atoms with E-state index in [0.29, 0.717) is 19.6 Å². The average Bonchev–Trinajstić information content (AvgIpc) is 3.17. The van der Waals surface area contributed by atoms with Gasteiger partial charge in [-0.2, -0.15) is 0 Å². The van der Waals surface area contributed by atoms with Crippen molar-refractivity contribution in [3.05, 3.63) is 59.7 Å². The Balaban J connectivity index is 1.55. The first-order valence-corrected chi connectivity index (χ1v) is 11.0. The van der Waals surface area contributed by atoms with Crippen LogP contribution in [-0.2, 0) is 28.9 Å². The number of esters is 1. The Morgan fingerprint density at radius 1 is 0.967 bits per heavy atom. The summed E-state index contributed by atoms with van der Waals surface area (Å²) in [4.78, 5) is 12.0. The summed E-state index contributed by atoms with van der Waals surface area (Å²) in [6.07, 6.45) is 6.76. The normalized spacial score (nSPS) is 12.3. The molecule has 0 saturated carbocycles. The molecule has 3 aromatic rings. The van der Waals surface area contributed by atoms with Gasteiger partial charge in [0.05, 0.1) is 12.2 Å². The number of ether oxygens (including phenoxy) is 1. The van der Waals surface area contributed by atoms with Crippen LogP contribution in [0.5, 0.6) is 0 Å². The Bertz CT molecular complexity index is 1010. The molecule has 0 bridgehead atoms. The SMILES string of the molecule is CCCCCCC(=O)OCCn1nnc2c1-c1ccccc1CCc1ccccc1-2. The lowest BCUT2D eigenvalue weighted by molar-refractivity contribution is -0.144. The van der Waals surface area contributed by atoms with Crippen molar-refractivity contribution in [2.24, 2.45) is 0 Å². The number of hydrogen-bond donors (Lipinski definition) is 0. The number of nitrogens with zero attached hydrogens (tertiary/aromatic N) is 3. The summed E-state index contributed by atoms with van der Waals surface area (Å²) in [5.41, 5.74) is 6.81. The molecule has 2 aromatic carbocycles. The third kappa shape index (κ3) is 4.45. The van der Waals surface area contributed by atoms with Crippen LogP contribution in [0.1, 0.15) is 50.2 Å². The van der Waals surface area contributed by atoms with Gasteiger partial charge in [0.25, 0.3) is 0 Å². The van der Waals surface area contributed by atoms with E-state index in [1.54, 1.807) is 0 Å². The molecule has 4 rings (SSSR count). The van der Waals surface area contributed by atoms with Crippen LogP contribution in [0.4, 0.5) is 0 Å². The highest BCUT2D eigenvalue weighted by Crippen LogP contribution is 2.37.